The number of ether oxygens (including phenoxy) is 1. The summed E-state index contributed by atoms with van der Waals surface area (Å²) in [5, 5.41) is 5.16. The van der Waals surface area contributed by atoms with Gasteiger partial charge in [0.1, 0.15) is 6.61 Å². The molecule has 0 bridgehead atoms. The van der Waals surface area contributed by atoms with E-state index in [4.69, 9.17) is 4.74 Å². The van der Waals surface area contributed by atoms with E-state index < -0.39 is 0 Å². The van der Waals surface area contributed by atoms with E-state index in [9.17, 15) is 4.39 Å². The second kappa shape index (κ2) is 6.63. The highest BCUT2D eigenvalue weighted by Gasteiger charge is 2.10. The molecule has 1 heterocycles. The summed E-state index contributed by atoms with van der Waals surface area (Å²) in [6.07, 6.45) is 0. The molecule has 0 atom stereocenters. The summed E-state index contributed by atoms with van der Waals surface area (Å²) in [5.41, 5.74) is 3.38. The van der Waals surface area contributed by atoms with Crippen LogP contribution in [0.25, 0.3) is 0 Å². The van der Waals surface area contributed by atoms with E-state index in [0.29, 0.717) is 24.9 Å². The van der Waals surface area contributed by atoms with Crippen LogP contribution in [0, 0.1) is 5.82 Å². The van der Waals surface area contributed by atoms with E-state index in [1.165, 1.54) is 17.4 Å². The first-order valence-corrected chi connectivity index (χ1v) is 7.11. The Morgan fingerprint density at radius 3 is 2.95 bits per heavy atom. The Kier molecular flexibility index (Phi) is 4.87. The maximum absolute atomic E-state index is 13.8. The lowest BCUT2D eigenvalue weighted by Gasteiger charge is -2.13. The number of hydrogen-bond donors (Lipinski definition) is 1. The number of halogens is 1. The number of thiazole rings is 1. The number of nitrogens with zero attached hydrogens (tertiary/aromatic N) is 1. The number of rotatable bonds is 6. The molecule has 0 spiro atoms. The SMILES string of the molecule is CC(C)NCc1cccc(F)c1OCc1cscn1. The summed E-state index contributed by atoms with van der Waals surface area (Å²) < 4.78 is 19.4. The Bertz CT molecular complexity index is 514. The van der Waals surface area contributed by atoms with Crippen molar-refractivity contribution in [2.75, 3.05) is 0 Å². The summed E-state index contributed by atoms with van der Waals surface area (Å²) in [7, 11) is 0. The van der Waals surface area contributed by atoms with Crippen LogP contribution in [0.3, 0.4) is 0 Å². The van der Waals surface area contributed by atoms with Crippen LogP contribution >= 0.6 is 11.3 Å². The molecule has 0 unspecified atom stereocenters. The van der Waals surface area contributed by atoms with Crippen molar-refractivity contribution in [3.63, 3.8) is 0 Å². The molecule has 1 N–H and O–H groups in total. The van der Waals surface area contributed by atoms with E-state index >= 15 is 0 Å². The third kappa shape index (κ3) is 4.01. The lowest BCUT2D eigenvalue weighted by molar-refractivity contribution is 0.282. The van der Waals surface area contributed by atoms with Crippen LogP contribution in [0.15, 0.2) is 29.1 Å². The first kappa shape index (κ1) is 14.0. The number of para-hydroxylation sites is 1. The Balaban J connectivity index is 2.08. The molecule has 2 rings (SSSR count). The maximum atomic E-state index is 13.8. The van der Waals surface area contributed by atoms with E-state index in [2.05, 4.69) is 24.1 Å². The van der Waals surface area contributed by atoms with Crippen molar-refractivity contribution in [2.24, 2.45) is 0 Å². The van der Waals surface area contributed by atoms with Crippen molar-refractivity contribution in [1.29, 1.82) is 0 Å². The second-order valence-corrected chi connectivity index (χ2v) is 5.25. The van der Waals surface area contributed by atoms with Crippen LogP contribution in [0.5, 0.6) is 5.75 Å². The van der Waals surface area contributed by atoms with Crippen LogP contribution < -0.4 is 10.1 Å². The van der Waals surface area contributed by atoms with Gasteiger partial charge >= 0.3 is 0 Å². The largest absolute Gasteiger partial charge is 0.484 e. The van der Waals surface area contributed by atoms with Crippen LogP contribution in [0.4, 0.5) is 4.39 Å². The van der Waals surface area contributed by atoms with Gasteiger partial charge in [-0.25, -0.2) is 9.37 Å². The van der Waals surface area contributed by atoms with Crippen LogP contribution in [-0.2, 0) is 13.2 Å². The molecule has 0 saturated carbocycles. The normalized spacial score (nSPS) is 10.9. The lowest BCUT2D eigenvalue weighted by atomic mass is 10.2. The molecule has 0 aliphatic heterocycles. The van der Waals surface area contributed by atoms with Gasteiger partial charge in [-0.15, -0.1) is 11.3 Å². The fourth-order valence-corrected chi connectivity index (χ4v) is 2.17. The average molecular weight is 280 g/mol. The van der Waals surface area contributed by atoms with Gasteiger partial charge in [0.25, 0.3) is 0 Å². The molecule has 3 nitrogen and oxygen atoms in total. The lowest BCUT2D eigenvalue weighted by Crippen LogP contribution is -2.22. The smallest absolute Gasteiger partial charge is 0.165 e. The van der Waals surface area contributed by atoms with Crippen molar-refractivity contribution in [3.05, 3.63) is 46.2 Å². The molecule has 0 fully saturated rings. The number of benzene rings is 1. The maximum Gasteiger partial charge on any atom is 0.165 e. The standard InChI is InChI=1S/C14H17FN2OS/c1-10(2)16-6-11-4-3-5-13(15)14(11)18-7-12-8-19-9-17-12/h3-5,8-10,16H,6-7H2,1-2H3. The van der Waals surface area contributed by atoms with Gasteiger partial charge in [0, 0.05) is 23.5 Å². The average Bonchev–Trinajstić information content (AvgIpc) is 2.88. The minimum Gasteiger partial charge on any atom is -0.484 e. The predicted octanol–water partition coefficient (Wildman–Crippen LogP) is 3.36. The highest BCUT2D eigenvalue weighted by atomic mass is 32.1. The summed E-state index contributed by atoms with van der Waals surface area (Å²) in [5.74, 6) is -0.0260. The van der Waals surface area contributed by atoms with Crippen molar-refractivity contribution in [3.8, 4) is 5.75 Å². The third-order valence-corrected chi connectivity index (χ3v) is 3.23. The third-order valence-electron chi connectivity index (χ3n) is 2.60. The minimum absolute atomic E-state index is 0.291. The summed E-state index contributed by atoms with van der Waals surface area (Å²) in [6, 6.07) is 5.32. The van der Waals surface area contributed by atoms with Crippen LogP contribution in [-0.4, -0.2) is 11.0 Å². The molecule has 1 aromatic carbocycles. The monoisotopic (exact) mass is 280 g/mol. The molecule has 0 amide bonds. The fraction of sp³-hybridized carbons (Fsp3) is 0.357. The second-order valence-electron chi connectivity index (χ2n) is 4.53. The van der Waals surface area contributed by atoms with Crippen molar-refractivity contribution < 1.29 is 9.13 Å². The van der Waals surface area contributed by atoms with Gasteiger partial charge in [-0.05, 0) is 6.07 Å². The van der Waals surface area contributed by atoms with Crippen molar-refractivity contribution >= 4 is 11.3 Å². The zero-order valence-electron chi connectivity index (χ0n) is 11.0. The van der Waals surface area contributed by atoms with Gasteiger partial charge in [0.05, 0.1) is 11.2 Å². The number of aromatic nitrogens is 1. The van der Waals surface area contributed by atoms with E-state index in [1.54, 1.807) is 11.6 Å². The zero-order valence-corrected chi connectivity index (χ0v) is 11.8. The fourth-order valence-electron chi connectivity index (χ4n) is 1.62. The Hall–Kier alpha value is -1.46. The van der Waals surface area contributed by atoms with Gasteiger partial charge in [0.2, 0.25) is 0 Å². The predicted molar refractivity (Wildman–Crippen MR) is 74.8 cm³/mol. The first-order valence-electron chi connectivity index (χ1n) is 6.17. The summed E-state index contributed by atoms with van der Waals surface area (Å²) in [4.78, 5) is 4.12. The van der Waals surface area contributed by atoms with Gasteiger partial charge in [-0.1, -0.05) is 26.0 Å². The quantitative estimate of drug-likeness (QED) is 0.881. The van der Waals surface area contributed by atoms with E-state index in [1.807, 2.05) is 11.4 Å². The molecule has 0 aliphatic carbocycles. The van der Waals surface area contributed by atoms with E-state index in [0.717, 1.165) is 11.3 Å². The highest BCUT2D eigenvalue weighted by molar-refractivity contribution is 7.07. The molecule has 2 aromatic rings. The van der Waals surface area contributed by atoms with Crippen LogP contribution in [0.2, 0.25) is 0 Å². The van der Waals surface area contributed by atoms with Gasteiger partial charge in [-0.2, -0.15) is 0 Å². The highest BCUT2D eigenvalue weighted by Crippen LogP contribution is 2.23. The molecule has 0 aliphatic rings. The molecular formula is C14H17FN2OS. The van der Waals surface area contributed by atoms with Gasteiger partial charge in [0.15, 0.2) is 11.6 Å². The van der Waals surface area contributed by atoms with E-state index in [-0.39, 0.29) is 5.82 Å². The van der Waals surface area contributed by atoms with Crippen LogP contribution in [0.1, 0.15) is 25.1 Å². The Morgan fingerprint density at radius 2 is 2.26 bits per heavy atom. The summed E-state index contributed by atoms with van der Waals surface area (Å²) >= 11 is 1.50. The zero-order chi connectivity index (χ0) is 13.7. The molecule has 19 heavy (non-hydrogen) atoms. The topological polar surface area (TPSA) is 34.1 Å². The molecule has 0 saturated heterocycles. The van der Waals surface area contributed by atoms with Crippen molar-refractivity contribution in [2.45, 2.75) is 33.0 Å². The van der Waals surface area contributed by atoms with Crippen molar-refractivity contribution in [1.82, 2.24) is 10.3 Å². The molecular weight excluding hydrogens is 263 g/mol. The molecule has 1 aromatic heterocycles. The van der Waals surface area contributed by atoms with Gasteiger partial charge in [-0.3, -0.25) is 0 Å². The molecule has 5 heteroatoms. The Morgan fingerprint density at radius 1 is 1.42 bits per heavy atom. The Labute approximate surface area is 116 Å². The number of nitrogens with one attached hydrogen (secondary N) is 1. The number of hydrogen-bond acceptors (Lipinski definition) is 4. The molecule has 0 radical (unpaired) electrons. The summed E-state index contributed by atoms with van der Waals surface area (Å²) in [6.45, 7) is 4.98. The molecule has 102 valence electrons. The van der Waals surface area contributed by atoms with Gasteiger partial charge < -0.3 is 10.1 Å². The first-order chi connectivity index (χ1) is 9.16. The minimum atomic E-state index is -0.335.